The van der Waals surface area contributed by atoms with E-state index in [4.69, 9.17) is 11.5 Å². The molecule has 0 saturated heterocycles. The van der Waals surface area contributed by atoms with Gasteiger partial charge < -0.3 is 10.4 Å². The zero-order chi connectivity index (χ0) is 14.4. The molecule has 100 valence electrons. The highest BCUT2D eigenvalue weighted by atomic mass is 16.4. The molecule has 3 heteroatoms. The van der Waals surface area contributed by atoms with E-state index in [0.717, 1.165) is 22.4 Å². The van der Waals surface area contributed by atoms with Gasteiger partial charge in [-0.3, -0.25) is 4.79 Å². The van der Waals surface area contributed by atoms with Crippen molar-refractivity contribution < 1.29 is 9.90 Å². The van der Waals surface area contributed by atoms with Gasteiger partial charge in [-0.05, 0) is 29.3 Å². The van der Waals surface area contributed by atoms with Gasteiger partial charge >= 0.3 is 5.97 Å². The Kier molecular flexibility index (Phi) is 4.41. The third-order valence-electron chi connectivity index (χ3n) is 2.97. The topological polar surface area (TPSA) is 49.3 Å². The third kappa shape index (κ3) is 3.63. The second kappa shape index (κ2) is 6.44. The van der Waals surface area contributed by atoms with Crippen molar-refractivity contribution in [1.82, 2.24) is 0 Å². The summed E-state index contributed by atoms with van der Waals surface area (Å²) in [4.78, 5) is 10.8. The Bertz CT molecular complexity index is 656. The van der Waals surface area contributed by atoms with Crippen molar-refractivity contribution in [3.8, 4) is 12.3 Å². The van der Waals surface area contributed by atoms with Crippen molar-refractivity contribution in [2.24, 2.45) is 0 Å². The molecule has 0 radical (unpaired) electrons. The summed E-state index contributed by atoms with van der Waals surface area (Å²) in [5, 5.41) is 12.2. The zero-order valence-corrected chi connectivity index (χ0v) is 11.0. The van der Waals surface area contributed by atoms with Crippen LogP contribution in [0.3, 0.4) is 0 Å². The van der Waals surface area contributed by atoms with Crippen LogP contribution in [-0.2, 0) is 17.8 Å². The number of carboxylic acid groups (broad SMARTS) is 1. The quantitative estimate of drug-likeness (QED) is 0.817. The Morgan fingerprint density at radius 3 is 2.60 bits per heavy atom. The van der Waals surface area contributed by atoms with Gasteiger partial charge in [0.1, 0.15) is 0 Å². The first-order chi connectivity index (χ1) is 9.69. The lowest BCUT2D eigenvalue weighted by atomic mass is 10.0. The summed E-state index contributed by atoms with van der Waals surface area (Å²) in [7, 11) is 0. The van der Waals surface area contributed by atoms with Gasteiger partial charge in [-0.2, -0.15) is 0 Å². The van der Waals surface area contributed by atoms with Crippen molar-refractivity contribution in [2.45, 2.75) is 13.0 Å². The number of hydrogen-bond donors (Lipinski definition) is 2. The van der Waals surface area contributed by atoms with Crippen molar-refractivity contribution in [1.29, 1.82) is 0 Å². The molecule has 0 saturated carbocycles. The van der Waals surface area contributed by atoms with Gasteiger partial charge in [0, 0.05) is 17.8 Å². The van der Waals surface area contributed by atoms with Gasteiger partial charge in [0.05, 0.1) is 6.42 Å². The molecular formula is C17H15NO2. The largest absolute Gasteiger partial charge is 0.481 e. The van der Waals surface area contributed by atoms with Crippen LogP contribution in [0.2, 0.25) is 0 Å². The first kappa shape index (κ1) is 13.7. The lowest BCUT2D eigenvalue weighted by Crippen LogP contribution is -2.07. The molecule has 0 heterocycles. The monoisotopic (exact) mass is 265 g/mol. The van der Waals surface area contributed by atoms with Gasteiger partial charge in [0.2, 0.25) is 0 Å². The lowest BCUT2D eigenvalue weighted by molar-refractivity contribution is -0.136. The van der Waals surface area contributed by atoms with Crippen LogP contribution in [0.25, 0.3) is 0 Å². The molecular weight excluding hydrogens is 250 g/mol. The summed E-state index contributed by atoms with van der Waals surface area (Å²) in [6, 6.07) is 15.1. The van der Waals surface area contributed by atoms with Crippen molar-refractivity contribution >= 4 is 11.7 Å². The predicted molar refractivity (Wildman–Crippen MR) is 79.5 cm³/mol. The number of carboxylic acids is 1. The summed E-state index contributed by atoms with van der Waals surface area (Å²) in [6.07, 6.45) is 5.39. The number of rotatable bonds is 5. The van der Waals surface area contributed by atoms with Crippen LogP contribution >= 0.6 is 0 Å². The van der Waals surface area contributed by atoms with Crippen LogP contribution in [0.4, 0.5) is 5.69 Å². The molecule has 0 unspecified atom stereocenters. The van der Waals surface area contributed by atoms with Crippen LogP contribution in [0.15, 0.2) is 48.5 Å². The fourth-order valence-electron chi connectivity index (χ4n) is 1.98. The molecule has 0 atom stereocenters. The second-order valence-electron chi connectivity index (χ2n) is 4.42. The van der Waals surface area contributed by atoms with Crippen LogP contribution in [0, 0.1) is 12.3 Å². The standard InChI is InChI=1S/C17H15NO2/c1-2-13-6-5-9-16(10-13)18-12-15-8-4-3-7-14(15)11-17(19)20/h1,3-10,18H,11-12H2,(H,19,20). The molecule has 0 spiro atoms. The molecule has 0 amide bonds. The van der Waals surface area contributed by atoms with Crippen molar-refractivity contribution in [3.05, 3.63) is 65.2 Å². The van der Waals surface area contributed by atoms with Gasteiger partial charge in [-0.1, -0.05) is 36.3 Å². The van der Waals surface area contributed by atoms with Crippen LogP contribution in [0.1, 0.15) is 16.7 Å². The van der Waals surface area contributed by atoms with Gasteiger partial charge in [0.25, 0.3) is 0 Å². The fourth-order valence-corrected chi connectivity index (χ4v) is 1.98. The average Bonchev–Trinajstić information content (AvgIpc) is 2.46. The van der Waals surface area contributed by atoms with Crippen LogP contribution < -0.4 is 5.32 Å². The summed E-state index contributed by atoms with van der Waals surface area (Å²) >= 11 is 0. The summed E-state index contributed by atoms with van der Waals surface area (Å²) in [5.41, 5.74) is 3.53. The number of hydrogen-bond acceptors (Lipinski definition) is 2. The Labute approximate surface area is 118 Å². The Balaban J connectivity index is 2.10. The first-order valence-corrected chi connectivity index (χ1v) is 6.28. The van der Waals surface area contributed by atoms with Gasteiger partial charge in [0.15, 0.2) is 0 Å². The third-order valence-corrected chi connectivity index (χ3v) is 2.97. The molecule has 0 aliphatic carbocycles. The zero-order valence-electron chi connectivity index (χ0n) is 11.0. The van der Waals surface area contributed by atoms with E-state index in [9.17, 15) is 4.79 Å². The van der Waals surface area contributed by atoms with E-state index in [2.05, 4.69) is 11.2 Å². The molecule has 20 heavy (non-hydrogen) atoms. The van der Waals surface area contributed by atoms with E-state index in [1.807, 2.05) is 48.5 Å². The molecule has 3 nitrogen and oxygen atoms in total. The summed E-state index contributed by atoms with van der Waals surface area (Å²) in [5.74, 6) is 1.76. The maximum atomic E-state index is 10.8. The number of terminal acetylenes is 1. The van der Waals surface area contributed by atoms with Crippen molar-refractivity contribution in [2.75, 3.05) is 5.32 Å². The highest BCUT2D eigenvalue weighted by Gasteiger charge is 2.06. The second-order valence-corrected chi connectivity index (χ2v) is 4.42. The Morgan fingerprint density at radius 2 is 1.90 bits per heavy atom. The molecule has 0 aliphatic heterocycles. The molecule has 2 aromatic rings. The number of benzene rings is 2. The number of aliphatic carboxylic acids is 1. The normalized spacial score (nSPS) is 9.75. The predicted octanol–water partition coefficient (Wildman–Crippen LogP) is 2.91. The minimum absolute atomic E-state index is 0.0300. The van der Waals surface area contributed by atoms with Gasteiger partial charge in [-0.15, -0.1) is 6.42 Å². The van der Waals surface area contributed by atoms with E-state index in [1.54, 1.807) is 0 Å². The molecule has 0 bridgehead atoms. The maximum Gasteiger partial charge on any atom is 0.307 e. The summed E-state index contributed by atoms with van der Waals surface area (Å²) in [6.45, 7) is 0.567. The molecule has 2 aromatic carbocycles. The van der Waals surface area contributed by atoms with E-state index < -0.39 is 5.97 Å². The number of carbonyl (C=O) groups is 1. The molecule has 0 fully saturated rings. The van der Waals surface area contributed by atoms with E-state index >= 15 is 0 Å². The summed E-state index contributed by atoms with van der Waals surface area (Å²) < 4.78 is 0. The molecule has 0 aromatic heterocycles. The minimum atomic E-state index is -0.827. The van der Waals surface area contributed by atoms with E-state index in [-0.39, 0.29) is 6.42 Å². The lowest BCUT2D eigenvalue weighted by Gasteiger charge is -2.10. The molecule has 2 N–H and O–H groups in total. The maximum absolute atomic E-state index is 10.8. The smallest absolute Gasteiger partial charge is 0.307 e. The number of nitrogens with one attached hydrogen (secondary N) is 1. The molecule has 0 aliphatic rings. The average molecular weight is 265 g/mol. The number of anilines is 1. The SMILES string of the molecule is C#Cc1cccc(NCc2ccccc2CC(=O)O)c1. The Morgan fingerprint density at radius 1 is 1.15 bits per heavy atom. The highest BCUT2D eigenvalue weighted by molar-refractivity contribution is 5.70. The van der Waals surface area contributed by atoms with Gasteiger partial charge in [-0.25, -0.2) is 0 Å². The van der Waals surface area contributed by atoms with Crippen LogP contribution in [0.5, 0.6) is 0 Å². The molecule has 2 rings (SSSR count). The highest BCUT2D eigenvalue weighted by Crippen LogP contribution is 2.14. The van der Waals surface area contributed by atoms with Crippen molar-refractivity contribution in [3.63, 3.8) is 0 Å². The van der Waals surface area contributed by atoms with Crippen LogP contribution in [-0.4, -0.2) is 11.1 Å². The Hall–Kier alpha value is -2.73. The first-order valence-electron chi connectivity index (χ1n) is 6.28. The minimum Gasteiger partial charge on any atom is -0.481 e. The van der Waals surface area contributed by atoms with E-state index in [0.29, 0.717) is 6.54 Å². The fraction of sp³-hybridized carbons (Fsp3) is 0.118. The van der Waals surface area contributed by atoms with E-state index in [1.165, 1.54) is 0 Å².